The Morgan fingerprint density at radius 1 is 0.395 bits per heavy atom. The van der Waals surface area contributed by atoms with Gasteiger partial charge in [-0.2, -0.15) is 0 Å². The number of unbranched alkanes of at least 4 members (excludes halogenated alkanes) is 14. The number of aliphatic hydroxyl groups excluding tert-OH is 1. The molecule has 0 aliphatic carbocycles. The van der Waals surface area contributed by atoms with Crippen molar-refractivity contribution in [3.05, 3.63) is 134 Å². The predicted molar refractivity (Wildman–Crippen MR) is 316 cm³/mol. The van der Waals surface area contributed by atoms with Gasteiger partial charge in [0, 0.05) is 12.8 Å². The Hall–Kier alpha value is -4.38. The van der Waals surface area contributed by atoms with E-state index in [9.17, 15) is 28.9 Å². The van der Waals surface area contributed by atoms with E-state index in [1.54, 1.807) is 6.08 Å². The molecule has 0 amide bonds. The highest BCUT2D eigenvalue weighted by Crippen LogP contribution is 2.43. The van der Waals surface area contributed by atoms with E-state index in [0.717, 1.165) is 77.0 Å². The van der Waals surface area contributed by atoms with Crippen LogP contribution in [0, 0.1) is 0 Å². The van der Waals surface area contributed by atoms with Gasteiger partial charge >= 0.3 is 25.7 Å². The Kier molecular flexibility index (Phi) is 53.5. The number of allylic oxidation sites excluding steroid dienone is 21. The average molecular weight is 1080 g/mol. The zero-order chi connectivity index (χ0) is 55.5. The number of phosphoric ester groups is 1. The third kappa shape index (κ3) is 54.4. The minimum absolute atomic E-state index is 0.0300. The fourth-order valence-electron chi connectivity index (χ4n) is 7.28. The summed E-state index contributed by atoms with van der Waals surface area (Å²) in [5.74, 6) is -1.71. The smallest absolute Gasteiger partial charge is 0.462 e. The highest BCUT2D eigenvalue weighted by atomic mass is 31.2. The van der Waals surface area contributed by atoms with Crippen LogP contribution in [0.5, 0.6) is 0 Å². The summed E-state index contributed by atoms with van der Waals surface area (Å²) in [6.07, 6.45) is 71.7. The summed E-state index contributed by atoms with van der Waals surface area (Å²) in [5, 5.41) is 9.79. The molecule has 0 aromatic heterocycles. The molecular weight excluding hydrogens is 976 g/mol. The second kappa shape index (κ2) is 56.8. The summed E-state index contributed by atoms with van der Waals surface area (Å²) in [5.41, 5.74) is 0. The van der Waals surface area contributed by atoms with Gasteiger partial charge in [-0.3, -0.25) is 23.4 Å². The summed E-state index contributed by atoms with van der Waals surface area (Å²) >= 11 is 0. The molecule has 3 atom stereocenters. The molecule has 12 heteroatoms. The third-order valence-electron chi connectivity index (χ3n) is 11.6. The monoisotopic (exact) mass is 1080 g/mol. The van der Waals surface area contributed by atoms with Crippen molar-refractivity contribution in [1.29, 1.82) is 0 Å². The Bertz CT molecular complexity index is 1780. The summed E-state index contributed by atoms with van der Waals surface area (Å²) in [4.78, 5) is 48.5. The van der Waals surface area contributed by atoms with Gasteiger partial charge in [-0.05, 0) is 83.5 Å². The lowest BCUT2D eigenvalue weighted by Crippen LogP contribution is -2.30. The molecule has 0 spiro atoms. The summed E-state index contributed by atoms with van der Waals surface area (Å²) in [6.45, 7) is 4.21. The number of ether oxygens (including phenoxy) is 3. The molecule has 0 saturated heterocycles. The first-order valence-corrected chi connectivity index (χ1v) is 30.6. The summed E-state index contributed by atoms with van der Waals surface area (Å²) in [6, 6.07) is 0. The average Bonchev–Trinajstić information content (AvgIpc) is 3.41. The molecule has 0 radical (unpaired) electrons. The third-order valence-corrected chi connectivity index (χ3v) is 12.6. The van der Waals surface area contributed by atoms with Gasteiger partial charge in [-0.25, -0.2) is 4.57 Å². The maximum atomic E-state index is 12.9. The molecule has 2 N–H and O–H groups in total. The largest absolute Gasteiger partial charge is 0.472 e. The van der Waals surface area contributed by atoms with E-state index in [0.29, 0.717) is 25.7 Å². The first-order valence-electron chi connectivity index (χ1n) is 29.1. The van der Waals surface area contributed by atoms with Crippen molar-refractivity contribution in [1.82, 2.24) is 0 Å². The molecule has 430 valence electrons. The quantitative estimate of drug-likeness (QED) is 0.0197. The number of aliphatic hydroxyl groups is 1. The SMILES string of the molecule is CC/C=C\C/C=C\C/C=C\C/C=C\C/C=C\C/C=C\CCC(=O)OC(COC(=O)CCCCCCCCCCCCCCCCC)COP(=O)(O)OCC(CO)OC(=O)C/C=C\C/C=C\C/C=C\C/C=C\C/C=C\CC. The normalized spacial score (nSPS) is 14.3. The van der Waals surface area contributed by atoms with E-state index in [1.165, 1.54) is 70.6 Å². The lowest BCUT2D eigenvalue weighted by Gasteiger charge is -2.21. The van der Waals surface area contributed by atoms with Crippen LogP contribution in [-0.4, -0.2) is 66.5 Å². The molecule has 0 fully saturated rings. The van der Waals surface area contributed by atoms with Gasteiger partial charge in [0.25, 0.3) is 0 Å². The zero-order valence-electron chi connectivity index (χ0n) is 47.4. The van der Waals surface area contributed by atoms with Crippen LogP contribution < -0.4 is 0 Å². The first kappa shape index (κ1) is 71.6. The van der Waals surface area contributed by atoms with Gasteiger partial charge in [-0.15, -0.1) is 0 Å². The van der Waals surface area contributed by atoms with E-state index in [-0.39, 0.29) is 25.9 Å². The lowest BCUT2D eigenvalue weighted by molar-refractivity contribution is -0.161. The first-order chi connectivity index (χ1) is 37.2. The standard InChI is InChI=1S/C64H103O11P/c1-4-7-10-13-16-19-22-25-28-29-30-31-34-37-40-43-46-49-52-55-64(68)75-61(57-71-62(66)53-50-47-44-41-38-35-32-26-23-20-17-14-11-8-5-2)59-73-76(69,70)72-58-60(56-65)74-63(67)54-51-48-45-42-39-36-33-27-24-21-18-15-12-9-6-3/h7,9-10,12,16,18-19,21,25,27-28,30-31,33,37,39-40,42,46,48-49,51,60-61,65H,4-6,8,11,13-15,17,20,22-24,26,29,32,34-36,38,41,43-45,47,50,52-59H2,1-3H3,(H,69,70)/b10-7-,12-9-,19-16-,21-18-,28-25-,31-30-,33-27-,40-37-,42-39-,49-46-,51-48-. The molecule has 0 rings (SSSR count). The van der Waals surface area contributed by atoms with Crippen molar-refractivity contribution in [3.63, 3.8) is 0 Å². The fraction of sp³-hybridized carbons (Fsp3) is 0.609. The van der Waals surface area contributed by atoms with E-state index in [1.807, 2.05) is 30.4 Å². The minimum Gasteiger partial charge on any atom is -0.462 e. The maximum absolute atomic E-state index is 12.9. The number of phosphoric acid groups is 1. The van der Waals surface area contributed by atoms with Crippen molar-refractivity contribution in [2.45, 2.75) is 226 Å². The molecular formula is C64H103O11P. The van der Waals surface area contributed by atoms with E-state index in [4.69, 9.17) is 23.3 Å². The Labute approximate surface area is 461 Å². The van der Waals surface area contributed by atoms with Crippen LogP contribution in [0.4, 0.5) is 0 Å². The van der Waals surface area contributed by atoms with E-state index < -0.39 is 57.8 Å². The van der Waals surface area contributed by atoms with Crippen LogP contribution >= 0.6 is 7.82 Å². The van der Waals surface area contributed by atoms with Crippen molar-refractivity contribution in [2.75, 3.05) is 26.4 Å². The number of carbonyl (C=O) groups excluding carboxylic acids is 3. The van der Waals surface area contributed by atoms with E-state index >= 15 is 0 Å². The molecule has 0 aliphatic heterocycles. The second-order valence-corrected chi connectivity index (χ2v) is 20.2. The lowest BCUT2D eigenvalue weighted by atomic mass is 10.0. The van der Waals surface area contributed by atoms with Gasteiger partial charge in [0.15, 0.2) is 6.10 Å². The van der Waals surface area contributed by atoms with Gasteiger partial charge in [0.05, 0.1) is 26.2 Å². The predicted octanol–water partition coefficient (Wildman–Crippen LogP) is 17.4. The molecule has 0 bridgehead atoms. The fourth-order valence-corrected chi connectivity index (χ4v) is 8.06. The number of carbonyl (C=O) groups is 3. The molecule has 0 saturated carbocycles. The molecule has 3 unspecified atom stereocenters. The number of hydrogen-bond acceptors (Lipinski definition) is 10. The number of esters is 3. The summed E-state index contributed by atoms with van der Waals surface area (Å²) in [7, 11) is -4.80. The maximum Gasteiger partial charge on any atom is 0.472 e. The van der Waals surface area contributed by atoms with Gasteiger partial charge in [-0.1, -0.05) is 244 Å². The topological polar surface area (TPSA) is 155 Å². The highest BCUT2D eigenvalue weighted by molar-refractivity contribution is 7.47. The van der Waals surface area contributed by atoms with Crippen molar-refractivity contribution < 1.29 is 52.2 Å². The molecule has 11 nitrogen and oxygen atoms in total. The Balaban J connectivity index is 4.93. The van der Waals surface area contributed by atoms with Crippen LogP contribution in [0.15, 0.2) is 134 Å². The van der Waals surface area contributed by atoms with Crippen LogP contribution in [-0.2, 0) is 42.2 Å². The minimum atomic E-state index is -4.80. The molecule has 76 heavy (non-hydrogen) atoms. The van der Waals surface area contributed by atoms with Crippen LogP contribution in [0.1, 0.15) is 213 Å². The number of rotatable bonds is 52. The van der Waals surface area contributed by atoms with Crippen LogP contribution in [0.3, 0.4) is 0 Å². The molecule has 0 heterocycles. The molecule has 0 aromatic carbocycles. The second-order valence-electron chi connectivity index (χ2n) is 18.7. The summed E-state index contributed by atoms with van der Waals surface area (Å²) < 4.78 is 39.3. The number of hydrogen-bond donors (Lipinski definition) is 2. The van der Waals surface area contributed by atoms with Crippen molar-refractivity contribution >= 4 is 25.7 Å². The van der Waals surface area contributed by atoms with Crippen LogP contribution in [0.25, 0.3) is 0 Å². The molecule has 0 aromatic rings. The van der Waals surface area contributed by atoms with Crippen LogP contribution in [0.2, 0.25) is 0 Å². The van der Waals surface area contributed by atoms with Gasteiger partial charge in [0.1, 0.15) is 12.7 Å². The van der Waals surface area contributed by atoms with E-state index in [2.05, 4.69) is 118 Å². The zero-order valence-corrected chi connectivity index (χ0v) is 48.3. The van der Waals surface area contributed by atoms with Gasteiger partial charge in [0.2, 0.25) is 0 Å². The highest BCUT2D eigenvalue weighted by Gasteiger charge is 2.28. The van der Waals surface area contributed by atoms with Crippen molar-refractivity contribution in [3.8, 4) is 0 Å². The Morgan fingerprint density at radius 2 is 0.737 bits per heavy atom. The van der Waals surface area contributed by atoms with Gasteiger partial charge < -0.3 is 24.2 Å². The Morgan fingerprint density at radius 3 is 1.13 bits per heavy atom. The van der Waals surface area contributed by atoms with Crippen molar-refractivity contribution in [2.24, 2.45) is 0 Å². The molecule has 0 aliphatic rings.